The van der Waals surface area contributed by atoms with Gasteiger partial charge in [0.05, 0.1) is 19.8 Å². The van der Waals surface area contributed by atoms with Crippen LogP contribution in [0.3, 0.4) is 0 Å². The number of aliphatic imine (C=N–C) groups is 1. The quantitative estimate of drug-likeness (QED) is 0.638. The molecule has 5 nitrogen and oxygen atoms in total. The highest BCUT2D eigenvalue weighted by atomic mass is 16.5. The zero-order valence-electron chi connectivity index (χ0n) is 14.8. The average Bonchev–Trinajstić information content (AvgIpc) is 2.61. The van der Waals surface area contributed by atoms with Crippen LogP contribution in [-0.4, -0.2) is 67.2 Å². The maximum atomic E-state index is 6.35. The topological polar surface area (TPSA) is 54.1 Å². The van der Waals surface area contributed by atoms with E-state index in [2.05, 4.69) is 16.7 Å². The van der Waals surface area contributed by atoms with Crippen molar-refractivity contribution >= 4 is 5.96 Å². The first-order valence-electron chi connectivity index (χ1n) is 9.57. The molecule has 2 N–H and O–H groups in total. The monoisotopic (exact) mass is 322 g/mol. The molecule has 1 saturated carbocycles. The van der Waals surface area contributed by atoms with Gasteiger partial charge in [0, 0.05) is 31.7 Å². The number of likely N-dealkylation sites (tertiary alicyclic amines) is 1. The maximum absolute atomic E-state index is 6.35. The molecule has 0 spiro atoms. The minimum absolute atomic E-state index is 0.230. The third-order valence-corrected chi connectivity index (χ3v) is 5.98. The molecule has 5 heteroatoms. The molecule has 2 heterocycles. The van der Waals surface area contributed by atoms with Crippen molar-refractivity contribution in [3.8, 4) is 0 Å². The van der Waals surface area contributed by atoms with E-state index in [0.29, 0.717) is 0 Å². The molecule has 0 aromatic heterocycles. The molecule has 132 valence electrons. The van der Waals surface area contributed by atoms with Gasteiger partial charge in [-0.3, -0.25) is 9.89 Å². The maximum Gasteiger partial charge on any atom is 0.191 e. The number of piperidine rings is 1. The van der Waals surface area contributed by atoms with Crippen LogP contribution in [-0.2, 0) is 4.74 Å². The number of morpholine rings is 1. The lowest BCUT2D eigenvalue weighted by atomic mass is 9.80. The number of ether oxygens (including phenoxy) is 1. The van der Waals surface area contributed by atoms with E-state index >= 15 is 0 Å². The van der Waals surface area contributed by atoms with E-state index in [1.165, 1.54) is 44.9 Å². The molecule has 3 fully saturated rings. The molecule has 0 bridgehead atoms. The van der Waals surface area contributed by atoms with Crippen molar-refractivity contribution in [3.05, 3.63) is 0 Å². The second kappa shape index (κ2) is 7.84. The minimum Gasteiger partial charge on any atom is -0.379 e. The average molecular weight is 322 g/mol. The molecule has 1 aliphatic carbocycles. The summed E-state index contributed by atoms with van der Waals surface area (Å²) in [6.07, 6.45) is 9.11. The first-order chi connectivity index (χ1) is 11.2. The molecule has 23 heavy (non-hydrogen) atoms. The van der Waals surface area contributed by atoms with Crippen LogP contribution in [0.5, 0.6) is 0 Å². The summed E-state index contributed by atoms with van der Waals surface area (Å²) in [6.45, 7) is 9.16. The second-order valence-electron chi connectivity index (χ2n) is 7.75. The first kappa shape index (κ1) is 17.0. The Morgan fingerprint density at radius 3 is 2.57 bits per heavy atom. The molecule has 0 aromatic rings. The van der Waals surface area contributed by atoms with Crippen LogP contribution in [0, 0.1) is 5.92 Å². The Labute approximate surface area is 141 Å². The van der Waals surface area contributed by atoms with Crippen molar-refractivity contribution in [3.63, 3.8) is 0 Å². The van der Waals surface area contributed by atoms with Crippen molar-refractivity contribution in [1.29, 1.82) is 0 Å². The van der Waals surface area contributed by atoms with Gasteiger partial charge in [-0.1, -0.05) is 26.2 Å². The van der Waals surface area contributed by atoms with Crippen molar-refractivity contribution < 1.29 is 4.74 Å². The van der Waals surface area contributed by atoms with Crippen LogP contribution in [0.1, 0.15) is 51.9 Å². The van der Waals surface area contributed by atoms with Gasteiger partial charge in [-0.05, 0) is 31.6 Å². The molecule has 0 amide bonds. The predicted octanol–water partition coefficient (Wildman–Crippen LogP) is 2.07. The van der Waals surface area contributed by atoms with Crippen LogP contribution >= 0.6 is 0 Å². The van der Waals surface area contributed by atoms with Gasteiger partial charge in [0.25, 0.3) is 0 Å². The summed E-state index contributed by atoms with van der Waals surface area (Å²) in [7, 11) is 0. The summed E-state index contributed by atoms with van der Waals surface area (Å²) >= 11 is 0. The Balaban J connectivity index is 1.66. The van der Waals surface area contributed by atoms with Crippen LogP contribution in [0.25, 0.3) is 0 Å². The van der Waals surface area contributed by atoms with Crippen LogP contribution in [0.4, 0.5) is 0 Å². The van der Waals surface area contributed by atoms with Gasteiger partial charge >= 0.3 is 0 Å². The number of hydrogen-bond acceptors (Lipinski definition) is 3. The van der Waals surface area contributed by atoms with Gasteiger partial charge in [0.1, 0.15) is 0 Å². The smallest absolute Gasteiger partial charge is 0.191 e. The fraction of sp³-hybridized carbons (Fsp3) is 0.944. The number of nitrogens with two attached hydrogens (primary N) is 1. The molecular formula is C18H34N4O. The molecule has 0 radical (unpaired) electrons. The van der Waals surface area contributed by atoms with E-state index in [4.69, 9.17) is 15.5 Å². The third-order valence-electron chi connectivity index (χ3n) is 5.98. The van der Waals surface area contributed by atoms with Crippen LogP contribution in [0.2, 0.25) is 0 Å². The number of nitrogens with zero attached hydrogens (tertiary/aromatic N) is 3. The Morgan fingerprint density at radius 1 is 1.13 bits per heavy atom. The standard InChI is InChI=1S/C18H34N4O/c1-16-6-5-9-21(14-16)17(19)20-15-18(7-3-2-4-8-18)22-10-12-23-13-11-22/h16H,2-15H2,1H3,(H2,19,20). The SMILES string of the molecule is CC1CCCN(C(N)=NCC2(N3CCOCC3)CCCCC2)C1. The fourth-order valence-electron chi connectivity index (χ4n) is 4.55. The lowest BCUT2D eigenvalue weighted by Gasteiger charge is -2.47. The highest BCUT2D eigenvalue weighted by Gasteiger charge is 2.38. The van der Waals surface area contributed by atoms with Gasteiger partial charge in [0.15, 0.2) is 5.96 Å². The molecule has 1 unspecified atom stereocenters. The van der Waals surface area contributed by atoms with Gasteiger partial charge < -0.3 is 15.4 Å². The molecular weight excluding hydrogens is 288 g/mol. The summed E-state index contributed by atoms with van der Waals surface area (Å²) in [5, 5.41) is 0. The predicted molar refractivity (Wildman–Crippen MR) is 94.7 cm³/mol. The zero-order valence-corrected chi connectivity index (χ0v) is 14.8. The van der Waals surface area contributed by atoms with Crippen molar-refractivity contribution in [2.24, 2.45) is 16.6 Å². The van der Waals surface area contributed by atoms with Gasteiger partial charge in [0.2, 0.25) is 0 Å². The summed E-state index contributed by atoms with van der Waals surface area (Å²) in [5.74, 6) is 1.51. The highest BCUT2D eigenvalue weighted by molar-refractivity contribution is 5.78. The van der Waals surface area contributed by atoms with Crippen LogP contribution < -0.4 is 5.73 Å². The summed E-state index contributed by atoms with van der Waals surface area (Å²) in [4.78, 5) is 9.83. The first-order valence-corrected chi connectivity index (χ1v) is 9.57. The highest BCUT2D eigenvalue weighted by Crippen LogP contribution is 2.34. The van der Waals surface area contributed by atoms with E-state index in [9.17, 15) is 0 Å². The van der Waals surface area contributed by atoms with E-state index in [1.807, 2.05) is 0 Å². The molecule has 2 saturated heterocycles. The van der Waals surface area contributed by atoms with E-state index in [1.54, 1.807) is 0 Å². The molecule has 0 aromatic carbocycles. The Bertz CT molecular complexity index is 400. The molecule has 2 aliphatic heterocycles. The van der Waals surface area contributed by atoms with Gasteiger partial charge in [-0.2, -0.15) is 0 Å². The van der Waals surface area contributed by atoms with Crippen LogP contribution in [0.15, 0.2) is 4.99 Å². The number of guanidine groups is 1. The van der Waals surface area contributed by atoms with Gasteiger partial charge in [-0.15, -0.1) is 0 Å². The molecule has 1 atom stereocenters. The Kier molecular flexibility index (Phi) is 5.81. The van der Waals surface area contributed by atoms with Crippen molar-refractivity contribution in [2.75, 3.05) is 45.9 Å². The van der Waals surface area contributed by atoms with Crippen molar-refractivity contribution in [2.45, 2.75) is 57.4 Å². The fourth-order valence-corrected chi connectivity index (χ4v) is 4.55. The lowest BCUT2D eigenvalue weighted by Crippen LogP contribution is -2.56. The minimum atomic E-state index is 0.230. The van der Waals surface area contributed by atoms with Gasteiger partial charge in [-0.25, -0.2) is 0 Å². The molecule has 3 rings (SSSR count). The summed E-state index contributed by atoms with van der Waals surface area (Å²) in [6, 6.07) is 0. The lowest BCUT2D eigenvalue weighted by molar-refractivity contribution is -0.0334. The largest absolute Gasteiger partial charge is 0.379 e. The normalized spacial score (nSPS) is 30.4. The molecule has 3 aliphatic rings. The second-order valence-corrected chi connectivity index (χ2v) is 7.75. The Morgan fingerprint density at radius 2 is 1.87 bits per heavy atom. The Hall–Kier alpha value is -0.810. The summed E-state index contributed by atoms with van der Waals surface area (Å²) in [5.41, 5.74) is 6.58. The number of hydrogen-bond donors (Lipinski definition) is 1. The van der Waals surface area contributed by atoms with E-state index < -0.39 is 0 Å². The summed E-state index contributed by atoms with van der Waals surface area (Å²) < 4.78 is 5.56. The van der Waals surface area contributed by atoms with E-state index in [-0.39, 0.29) is 5.54 Å². The van der Waals surface area contributed by atoms with E-state index in [0.717, 1.165) is 57.8 Å². The zero-order chi connectivity index (χ0) is 16.1. The third kappa shape index (κ3) is 4.18. The van der Waals surface area contributed by atoms with Crippen molar-refractivity contribution in [1.82, 2.24) is 9.80 Å². The number of rotatable bonds is 3.